The Morgan fingerprint density at radius 3 is 2.75 bits per heavy atom. The Hall–Kier alpha value is -2.34. The molecule has 0 aliphatic rings. The van der Waals surface area contributed by atoms with Gasteiger partial charge in [0.1, 0.15) is 5.76 Å². The van der Waals surface area contributed by atoms with Gasteiger partial charge in [0, 0.05) is 31.4 Å². The molecule has 0 saturated carbocycles. The summed E-state index contributed by atoms with van der Waals surface area (Å²) in [5, 5.41) is 13.9. The zero-order valence-corrected chi connectivity index (χ0v) is 11.5. The molecular weight excluding hydrogens is 258 g/mol. The molecule has 0 spiro atoms. The zero-order valence-electron chi connectivity index (χ0n) is 11.5. The number of nitro benzene ring substituents is 1. The second kappa shape index (κ2) is 6.21. The molecule has 2 rings (SSSR count). The van der Waals surface area contributed by atoms with Crippen molar-refractivity contribution >= 4 is 11.4 Å². The molecule has 0 aliphatic carbocycles. The number of rotatable bonds is 6. The van der Waals surface area contributed by atoms with Gasteiger partial charge < -0.3 is 9.73 Å². The van der Waals surface area contributed by atoms with Crippen LogP contribution in [0.25, 0.3) is 0 Å². The van der Waals surface area contributed by atoms with Gasteiger partial charge in [0.25, 0.3) is 5.69 Å². The minimum absolute atomic E-state index is 0.102. The molecule has 0 atom stereocenters. The fraction of sp³-hybridized carbons (Fsp3) is 0.286. The summed E-state index contributed by atoms with van der Waals surface area (Å²) in [4.78, 5) is 12.5. The van der Waals surface area contributed by atoms with Crippen molar-refractivity contribution in [2.24, 2.45) is 0 Å². The molecule has 106 valence electrons. The first-order valence-corrected chi connectivity index (χ1v) is 6.26. The predicted octanol–water partition coefficient (Wildman–Crippen LogP) is 2.86. The van der Waals surface area contributed by atoms with E-state index in [9.17, 15) is 10.1 Å². The SMILES string of the molecule is CNc1ccc([N+](=O)[O-])cc1CN(C)Cc1ccco1. The fourth-order valence-corrected chi connectivity index (χ4v) is 2.08. The number of nitro groups is 1. The van der Waals surface area contributed by atoms with Gasteiger partial charge in [-0.15, -0.1) is 0 Å². The fourth-order valence-electron chi connectivity index (χ4n) is 2.08. The van der Waals surface area contributed by atoms with Gasteiger partial charge in [-0.25, -0.2) is 0 Å². The minimum atomic E-state index is -0.379. The summed E-state index contributed by atoms with van der Waals surface area (Å²) in [6, 6.07) is 8.58. The third-order valence-electron chi connectivity index (χ3n) is 3.02. The first-order valence-electron chi connectivity index (χ1n) is 6.26. The Bertz CT molecular complexity index is 581. The van der Waals surface area contributed by atoms with Crippen molar-refractivity contribution in [3.63, 3.8) is 0 Å². The number of non-ortho nitro benzene ring substituents is 1. The Morgan fingerprint density at radius 2 is 2.15 bits per heavy atom. The van der Waals surface area contributed by atoms with Gasteiger partial charge >= 0.3 is 0 Å². The lowest BCUT2D eigenvalue weighted by molar-refractivity contribution is -0.384. The number of nitrogens with zero attached hydrogens (tertiary/aromatic N) is 2. The third kappa shape index (κ3) is 3.36. The second-order valence-electron chi connectivity index (χ2n) is 4.60. The van der Waals surface area contributed by atoms with Crippen LogP contribution in [0.15, 0.2) is 41.0 Å². The van der Waals surface area contributed by atoms with Crippen LogP contribution in [0.2, 0.25) is 0 Å². The van der Waals surface area contributed by atoms with E-state index in [2.05, 4.69) is 5.32 Å². The second-order valence-corrected chi connectivity index (χ2v) is 4.60. The molecule has 0 amide bonds. The highest BCUT2D eigenvalue weighted by Gasteiger charge is 2.12. The molecule has 0 saturated heterocycles. The van der Waals surface area contributed by atoms with Crippen LogP contribution >= 0.6 is 0 Å². The van der Waals surface area contributed by atoms with E-state index >= 15 is 0 Å². The molecule has 1 heterocycles. The van der Waals surface area contributed by atoms with Crippen LogP contribution in [0.4, 0.5) is 11.4 Å². The summed E-state index contributed by atoms with van der Waals surface area (Å²) in [5.41, 5.74) is 1.88. The van der Waals surface area contributed by atoms with Crippen molar-refractivity contribution in [1.82, 2.24) is 4.90 Å². The van der Waals surface area contributed by atoms with Crippen LogP contribution in [-0.4, -0.2) is 23.9 Å². The number of furan rings is 1. The van der Waals surface area contributed by atoms with Crippen LogP contribution < -0.4 is 5.32 Å². The van der Waals surface area contributed by atoms with Crippen LogP contribution in [0.3, 0.4) is 0 Å². The summed E-state index contributed by atoms with van der Waals surface area (Å²) in [6.45, 7) is 1.25. The van der Waals surface area contributed by atoms with E-state index < -0.39 is 0 Å². The molecule has 6 heteroatoms. The Labute approximate surface area is 117 Å². The first-order chi connectivity index (χ1) is 9.60. The molecule has 1 N–H and O–H groups in total. The van der Waals surface area contributed by atoms with E-state index in [0.717, 1.165) is 17.0 Å². The summed E-state index contributed by atoms with van der Waals surface area (Å²) >= 11 is 0. The summed E-state index contributed by atoms with van der Waals surface area (Å²) in [6.07, 6.45) is 1.63. The lowest BCUT2D eigenvalue weighted by Gasteiger charge is -2.17. The molecule has 0 bridgehead atoms. The lowest BCUT2D eigenvalue weighted by Crippen LogP contribution is -2.17. The Kier molecular flexibility index (Phi) is 4.37. The highest BCUT2D eigenvalue weighted by molar-refractivity contribution is 5.55. The summed E-state index contributed by atoms with van der Waals surface area (Å²) < 4.78 is 5.29. The van der Waals surface area contributed by atoms with Crippen molar-refractivity contribution in [3.8, 4) is 0 Å². The molecule has 6 nitrogen and oxygen atoms in total. The monoisotopic (exact) mass is 275 g/mol. The normalized spacial score (nSPS) is 10.8. The topological polar surface area (TPSA) is 71.6 Å². The highest BCUT2D eigenvalue weighted by Crippen LogP contribution is 2.23. The number of anilines is 1. The van der Waals surface area contributed by atoms with Crippen molar-refractivity contribution in [2.45, 2.75) is 13.1 Å². The van der Waals surface area contributed by atoms with E-state index in [-0.39, 0.29) is 10.6 Å². The van der Waals surface area contributed by atoms with Crippen molar-refractivity contribution < 1.29 is 9.34 Å². The number of hydrogen-bond donors (Lipinski definition) is 1. The van der Waals surface area contributed by atoms with Gasteiger partial charge in [-0.2, -0.15) is 0 Å². The van der Waals surface area contributed by atoms with Gasteiger partial charge in [0.05, 0.1) is 17.7 Å². The minimum Gasteiger partial charge on any atom is -0.468 e. The quantitative estimate of drug-likeness (QED) is 0.648. The molecule has 2 aromatic rings. The molecule has 1 aromatic heterocycles. The van der Waals surface area contributed by atoms with Crippen LogP contribution in [0, 0.1) is 10.1 Å². The van der Waals surface area contributed by atoms with Crippen LogP contribution in [0.5, 0.6) is 0 Å². The van der Waals surface area contributed by atoms with E-state index in [4.69, 9.17) is 4.42 Å². The van der Waals surface area contributed by atoms with Gasteiger partial charge in [-0.1, -0.05) is 0 Å². The molecule has 0 fully saturated rings. The predicted molar refractivity (Wildman–Crippen MR) is 76.5 cm³/mol. The number of benzene rings is 1. The molecule has 0 radical (unpaired) electrons. The smallest absolute Gasteiger partial charge is 0.269 e. The van der Waals surface area contributed by atoms with Crippen molar-refractivity contribution in [3.05, 3.63) is 58.0 Å². The summed E-state index contributed by atoms with van der Waals surface area (Å²) in [5.74, 6) is 0.865. The van der Waals surface area contributed by atoms with Gasteiger partial charge in [0.2, 0.25) is 0 Å². The molecular formula is C14H17N3O3. The van der Waals surface area contributed by atoms with Gasteiger partial charge in [-0.05, 0) is 30.8 Å². The lowest BCUT2D eigenvalue weighted by atomic mass is 10.1. The van der Waals surface area contributed by atoms with E-state index in [0.29, 0.717) is 13.1 Å². The molecule has 0 aliphatic heterocycles. The Morgan fingerprint density at radius 1 is 1.35 bits per heavy atom. The maximum atomic E-state index is 10.9. The molecule has 0 unspecified atom stereocenters. The van der Waals surface area contributed by atoms with Crippen LogP contribution in [0.1, 0.15) is 11.3 Å². The maximum absolute atomic E-state index is 10.9. The van der Waals surface area contributed by atoms with Gasteiger partial charge in [0.15, 0.2) is 0 Å². The zero-order chi connectivity index (χ0) is 14.5. The van der Waals surface area contributed by atoms with Crippen LogP contribution in [-0.2, 0) is 13.1 Å². The molecule has 20 heavy (non-hydrogen) atoms. The maximum Gasteiger partial charge on any atom is 0.269 e. The first kappa shape index (κ1) is 14.1. The standard InChI is InChI=1S/C14H17N3O3/c1-15-14-6-5-12(17(18)19)8-11(14)9-16(2)10-13-4-3-7-20-13/h3-8,15H,9-10H2,1-2H3. The average Bonchev–Trinajstić information content (AvgIpc) is 2.91. The number of hydrogen-bond acceptors (Lipinski definition) is 5. The van der Waals surface area contributed by atoms with E-state index in [1.807, 2.05) is 24.1 Å². The van der Waals surface area contributed by atoms with Crippen molar-refractivity contribution in [2.75, 3.05) is 19.4 Å². The third-order valence-corrected chi connectivity index (χ3v) is 3.02. The van der Waals surface area contributed by atoms with E-state index in [1.165, 1.54) is 6.07 Å². The number of nitrogens with one attached hydrogen (secondary N) is 1. The summed E-state index contributed by atoms with van der Waals surface area (Å²) in [7, 11) is 3.75. The Balaban J connectivity index is 2.14. The largest absolute Gasteiger partial charge is 0.468 e. The highest BCUT2D eigenvalue weighted by atomic mass is 16.6. The van der Waals surface area contributed by atoms with Gasteiger partial charge in [-0.3, -0.25) is 15.0 Å². The average molecular weight is 275 g/mol. The molecule has 1 aromatic carbocycles. The van der Waals surface area contributed by atoms with E-state index in [1.54, 1.807) is 25.4 Å². The van der Waals surface area contributed by atoms with Crippen molar-refractivity contribution in [1.29, 1.82) is 0 Å².